The second-order valence-corrected chi connectivity index (χ2v) is 14.3. The fraction of sp³-hybridized carbons (Fsp3) is 0.212. The molecule has 0 aliphatic carbocycles. The van der Waals surface area contributed by atoms with Gasteiger partial charge in [-0.2, -0.15) is 0 Å². The number of benzene rings is 3. The van der Waals surface area contributed by atoms with Gasteiger partial charge >= 0.3 is 35.8 Å². The van der Waals surface area contributed by atoms with Crippen LogP contribution in [0.5, 0.6) is 0 Å². The predicted octanol–water partition coefficient (Wildman–Crippen LogP) is 4.53. The maximum absolute atomic E-state index is 13.4. The van der Waals surface area contributed by atoms with Gasteiger partial charge in [0.25, 0.3) is 0 Å². The molecule has 0 aliphatic rings. The Bertz CT molecular complexity index is 2040. The van der Waals surface area contributed by atoms with Crippen molar-refractivity contribution in [2.75, 3.05) is 11.5 Å². The molecule has 5 rings (SSSR count). The first-order chi connectivity index (χ1) is 24.4. The summed E-state index contributed by atoms with van der Waals surface area (Å²) in [5, 5.41) is 16.6. The lowest BCUT2D eigenvalue weighted by Gasteiger charge is -2.17. The second-order valence-electron chi connectivity index (χ2n) is 10.8. The molecule has 15 nitrogen and oxygen atoms in total. The van der Waals surface area contributed by atoms with Gasteiger partial charge in [0.05, 0.1) is 47.2 Å². The number of aromatic amines is 2. The third-order valence-electron chi connectivity index (χ3n) is 7.01. The van der Waals surface area contributed by atoms with Gasteiger partial charge in [-0.25, -0.2) is 9.97 Å². The average Bonchev–Trinajstić information content (AvgIpc) is 3.69. The normalized spacial score (nSPS) is 12.9. The number of rotatable bonds is 16. The first-order valence-corrected chi connectivity index (χ1v) is 17.8. The number of hydrogen-bond donors (Lipinski definition) is 5. The fourth-order valence-electron chi connectivity index (χ4n) is 4.58. The highest BCUT2D eigenvalue weighted by molar-refractivity contribution is 8.00. The Hall–Kier alpha value is -5.33. The number of nitrogens with two attached hydrogens (primary N) is 1. The summed E-state index contributed by atoms with van der Waals surface area (Å²) in [6.45, 7) is 0. The molecule has 3 atom stereocenters. The van der Waals surface area contributed by atoms with E-state index < -0.39 is 71.5 Å². The van der Waals surface area contributed by atoms with Gasteiger partial charge in [-0.3, -0.25) is 28.8 Å². The van der Waals surface area contributed by atoms with E-state index in [1.165, 1.54) is 0 Å². The topological polar surface area (TPSA) is 245 Å². The smallest absolute Gasteiger partial charge is 0.327 e. The summed E-state index contributed by atoms with van der Waals surface area (Å²) in [4.78, 5) is 91.1. The van der Waals surface area contributed by atoms with Gasteiger partial charge in [-0.1, -0.05) is 59.9 Å². The minimum atomic E-state index is -1.40. The number of esters is 4. The molecule has 264 valence electrons. The Balaban J connectivity index is 1.29. The minimum absolute atomic E-state index is 0.157. The first-order valence-electron chi connectivity index (χ1n) is 15.1. The number of thioether (sulfide) groups is 3. The summed E-state index contributed by atoms with van der Waals surface area (Å²) in [6.07, 6.45) is -2.16. The minimum Gasteiger partial charge on any atom is -0.481 e. The van der Waals surface area contributed by atoms with E-state index in [4.69, 9.17) is 15.2 Å². The lowest BCUT2D eigenvalue weighted by Crippen LogP contribution is -2.32. The van der Waals surface area contributed by atoms with Crippen molar-refractivity contribution in [3.05, 3.63) is 72.8 Å². The Morgan fingerprint density at radius 2 is 1.16 bits per heavy atom. The number of imidazole rings is 2. The van der Waals surface area contributed by atoms with Crippen LogP contribution in [0.3, 0.4) is 0 Å². The van der Waals surface area contributed by atoms with Crippen LogP contribution in [0, 0.1) is 5.92 Å². The Labute approximate surface area is 301 Å². The van der Waals surface area contributed by atoms with Gasteiger partial charge in [0.15, 0.2) is 10.3 Å². The largest absolute Gasteiger partial charge is 0.481 e. The molecule has 2 aromatic heterocycles. The van der Waals surface area contributed by atoms with E-state index in [1.54, 1.807) is 72.8 Å². The standard InChI is InChI=1S/C33H29N5O10S3/c34-18-7-1-6-12-23(18)49-16-17(29(44)48-31(46)25(15-27(41)42)51-33-37-21-10-4-5-11-22(21)38-33)13-28(43)47-30(45)24(14-26(39)40)50-32-35-19-8-2-3-9-20(19)36-32/h1-12,17,24-25H,13-16,34H2,(H,35,36)(H,37,38)(H,39,40)(H,41,42). The van der Waals surface area contributed by atoms with Crippen molar-refractivity contribution in [3.8, 4) is 0 Å². The van der Waals surface area contributed by atoms with E-state index in [1.807, 2.05) is 0 Å². The molecule has 18 heteroatoms. The molecule has 0 saturated carbocycles. The van der Waals surface area contributed by atoms with Crippen LogP contribution in [0.4, 0.5) is 5.69 Å². The molecule has 5 aromatic rings. The molecule has 0 saturated heterocycles. The molecular weight excluding hydrogens is 723 g/mol. The number of aromatic nitrogens is 4. The van der Waals surface area contributed by atoms with Crippen molar-refractivity contribution < 1.29 is 48.5 Å². The number of H-pyrrole nitrogens is 2. The maximum Gasteiger partial charge on any atom is 0.327 e. The highest BCUT2D eigenvalue weighted by Gasteiger charge is 2.34. The van der Waals surface area contributed by atoms with E-state index >= 15 is 0 Å². The first kappa shape index (κ1) is 36.9. The van der Waals surface area contributed by atoms with Gasteiger partial charge in [-0.15, -0.1) is 11.8 Å². The molecule has 3 unspecified atom stereocenters. The van der Waals surface area contributed by atoms with Crippen molar-refractivity contribution >= 4 is 98.9 Å². The molecule has 6 N–H and O–H groups in total. The van der Waals surface area contributed by atoms with Gasteiger partial charge < -0.3 is 35.4 Å². The van der Waals surface area contributed by atoms with E-state index in [-0.39, 0.29) is 16.1 Å². The van der Waals surface area contributed by atoms with Gasteiger partial charge in [-0.05, 0) is 36.4 Å². The van der Waals surface area contributed by atoms with Crippen molar-refractivity contribution in [2.24, 2.45) is 5.92 Å². The third-order valence-corrected chi connectivity index (χ3v) is 10.4. The van der Waals surface area contributed by atoms with Crippen molar-refractivity contribution in [3.63, 3.8) is 0 Å². The molecule has 0 radical (unpaired) electrons. The van der Waals surface area contributed by atoms with Gasteiger partial charge in [0.2, 0.25) is 0 Å². The summed E-state index contributed by atoms with van der Waals surface area (Å²) >= 11 is 2.59. The van der Waals surface area contributed by atoms with Crippen LogP contribution < -0.4 is 5.73 Å². The van der Waals surface area contributed by atoms with E-state index in [9.17, 15) is 39.0 Å². The van der Waals surface area contributed by atoms with Crippen molar-refractivity contribution in [2.45, 2.75) is 45.0 Å². The predicted molar refractivity (Wildman–Crippen MR) is 188 cm³/mol. The number of para-hydroxylation sites is 5. The molecule has 0 spiro atoms. The number of carbonyl (C=O) groups is 6. The molecule has 2 heterocycles. The number of carboxylic acids is 2. The number of ether oxygens (including phenoxy) is 2. The molecule has 0 bridgehead atoms. The lowest BCUT2D eigenvalue weighted by molar-refractivity contribution is -0.167. The Morgan fingerprint density at radius 3 is 1.67 bits per heavy atom. The highest BCUT2D eigenvalue weighted by Crippen LogP contribution is 2.31. The lowest BCUT2D eigenvalue weighted by atomic mass is 10.1. The number of hydrogen-bond acceptors (Lipinski definition) is 14. The zero-order valence-electron chi connectivity index (χ0n) is 26.3. The molecule has 3 aromatic carbocycles. The number of carboxylic acid groups (broad SMARTS) is 2. The summed E-state index contributed by atoms with van der Waals surface area (Å²) in [7, 11) is 0. The average molecular weight is 752 g/mol. The quantitative estimate of drug-likeness (QED) is 0.0402. The van der Waals surface area contributed by atoms with Crippen LogP contribution >= 0.6 is 35.3 Å². The van der Waals surface area contributed by atoms with Crippen molar-refractivity contribution in [1.82, 2.24) is 19.9 Å². The number of aliphatic carboxylic acids is 2. The van der Waals surface area contributed by atoms with Crippen LogP contribution in [-0.4, -0.2) is 82.2 Å². The van der Waals surface area contributed by atoms with Gasteiger partial charge in [0.1, 0.15) is 10.5 Å². The van der Waals surface area contributed by atoms with E-state index in [0.717, 1.165) is 35.3 Å². The number of anilines is 1. The monoisotopic (exact) mass is 751 g/mol. The Morgan fingerprint density at radius 1 is 0.667 bits per heavy atom. The van der Waals surface area contributed by atoms with Crippen molar-refractivity contribution in [1.29, 1.82) is 0 Å². The van der Waals surface area contributed by atoms with Crippen LogP contribution in [0.1, 0.15) is 19.3 Å². The highest BCUT2D eigenvalue weighted by atomic mass is 32.2. The Kier molecular flexibility index (Phi) is 12.4. The summed E-state index contributed by atoms with van der Waals surface area (Å²) in [5.41, 5.74) is 8.85. The second kappa shape index (κ2) is 17.1. The van der Waals surface area contributed by atoms with Crippen LogP contribution in [-0.2, 0) is 38.2 Å². The van der Waals surface area contributed by atoms with E-state index in [0.29, 0.717) is 32.6 Å². The number of fused-ring (bicyclic) bond motifs is 2. The number of nitrogens with zero attached hydrogens (tertiary/aromatic N) is 2. The molecule has 0 amide bonds. The summed E-state index contributed by atoms with van der Waals surface area (Å²) in [6, 6.07) is 20.7. The molecule has 0 fully saturated rings. The van der Waals surface area contributed by atoms with Crippen LogP contribution in [0.15, 0.2) is 88.0 Å². The maximum atomic E-state index is 13.4. The third kappa shape index (κ3) is 10.3. The van der Waals surface area contributed by atoms with Gasteiger partial charge in [0, 0.05) is 16.3 Å². The van der Waals surface area contributed by atoms with Crippen LogP contribution in [0.25, 0.3) is 22.1 Å². The molecular formula is C33H29N5O10S3. The summed E-state index contributed by atoms with van der Waals surface area (Å²) < 4.78 is 10.1. The zero-order chi connectivity index (χ0) is 36.5. The number of carbonyl (C=O) groups excluding carboxylic acids is 4. The van der Waals surface area contributed by atoms with E-state index in [2.05, 4.69) is 19.9 Å². The fourth-order valence-corrected chi connectivity index (χ4v) is 7.55. The molecule has 51 heavy (non-hydrogen) atoms. The SMILES string of the molecule is Nc1ccccc1SCC(CC(=O)OC(=O)C(CC(=O)O)Sc1nc2ccccc2[nH]1)C(=O)OC(=O)C(CC(=O)O)Sc1nc2ccccc2[nH]1. The number of nitrogens with one attached hydrogen (secondary N) is 2. The molecule has 0 aliphatic heterocycles. The zero-order valence-corrected chi connectivity index (χ0v) is 28.8. The summed E-state index contributed by atoms with van der Waals surface area (Å²) in [5.74, 6) is -8.92. The number of nitrogen functional groups attached to an aromatic ring is 1. The van der Waals surface area contributed by atoms with Crippen LogP contribution in [0.2, 0.25) is 0 Å².